The van der Waals surface area contributed by atoms with Crippen molar-refractivity contribution in [1.29, 1.82) is 0 Å². The van der Waals surface area contributed by atoms with E-state index in [1.165, 1.54) is 6.42 Å². The predicted molar refractivity (Wildman–Crippen MR) is 34.2 cm³/mol. The van der Waals surface area contributed by atoms with Crippen LogP contribution in [0, 0.1) is 0 Å². The highest BCUT2D eigenvalue weighted by molar-refractivity contribution is 7.97. The van der Waals surface area contributed by atoms with Crippen LogP contribution in [-0.4, -0.2) is 12.3 Å². The molecular formula is C5H9NS. The van der Waals surface area contributed by atoms with Gasteiger partial charge in [-0.1, -0.05) is 24.1 Å². The minimum absolute atomic E-state index is 1.12. The summed E-state index contributed by atoms with van der Waals surface area (Å²) in [6.45, 7) is 1.13. The Labute approximate surface area is 48.3 Å². The second-order valence-corrected chi connectivity index (χ2v) is 2.38. The highest BCUT2D eigenvalue weighted by atomic mass is 32.2. The van der Waals surface area contributed by atoms with Crippen LogP contribution >= 0.6 is 11.9 Å². The quantitative estimate of drug-likeness (QED) is 0.376. The Hall–Kier alpha value is 0.0500. The fraction of sp³-hybridized carbons (Fsp3) is 0.600. The molecule has 0 radical (unpaired) electrons. The van der Waals surface area contributed by atoms with Crippen LogP contribution in [0.4, 0.5) is 0 Å². The topological polar surface area (TPSA) is 12.0 Å². The van der Waals surface area contributed by atoms with Crippen LogP contribution in [0.25, 0.3) is 0 Å². The van der Waals surface area contributed by atoms with Gasteiger partial charge in [-0.25, -0.2) is 0 Å². The van der Waals surface area contributed by atoms with Crippen molar-refractivity contribution in [2.75, 3.05) is 12.3 Å². The molecule has 0 fully saturated rings. The first-order valence-electron chi connectivity index (χ1n) is 2.50. The molecule has 0 aromatic rings. The van der Waals surface area contributed by atoms with Gasteiger partial charge in [-0.3, -0.25) is 4.72 Å². The molecule has 0 bridgehead atoms. The van der Waals surface area contributed by atoms with Gasteiger partial charge >= 0.3 is 0 Å². The first-order valence-corrected chi connectivity index (χ1v) is 3.48. The molecule has 0 unspecified atom stereocenters. The minimum atomic E-state index is 1.12. The van der Waals surface area contributed by atoms with Gasteiger partial charge in [-0.05, 0) is 6.42 Å². The molecule has 0 atom stereocenters. The number of nitrogens with one attached hydrogen (secondary N) is 1. The van der Waals surface area contributed by atoms with Gasteiger partial charge in [0.25, 0.3) is 0 Å². The largest absolute Gasteiger partial charge is 0.264 e. The Balaban J connectivity index is 2.20. The molecule has 0 spiro atoms. The molecular weight excluding hydrogens is 106 g/mol. The maximum Gasteiger partial charge on any atom is 0.0259 e. The highest BCUT2D eigenvalue weighted by Gasteiger charge is 1.86. The van der Waals surface area contributed by atoms with E-state index in [0.29, 0.717) is 0 Å². The van der Waals surface area contributed by atoms with Crippen molar-refractivity contribution >= 4 is 11.9 Å². The Kier molecular flexibility index (Phi) is 2.30. The average molecular weight is 115 g/mol. The van der Waals surface area contributed by atoms with Gasteiger partial charge in [-0.15, -0.1) is 0 Å². The van der Waals surface area contributed by atoms with E-state index in [1.807, 2.05) is 0 Å². The first kappa shape index (κ1) is 5.19. The molecule has 7 heavy (non-hydrogen) atoms. The van der Waals surface area contributed by atoms with Gasteiger partial charge in [0.05, 0.1) is 0 Å². The molecule has 0 amide bonds. The summed E-state index contributed by atoms with van der Waals surface area (Å²) in [5.74, 6) is 1.12. The minimum Gasteiger partial charge on any atom is -0.264 e. The Morgan fingerprint density at radius 2 is 2.43 bits per heavy atom. The zero-order chi connectivity index (χ0) is 4.95. The van der Waals surface area contributed by atoms with Gasteiger partial charge in [0.1, 0.15) is 0 Å². The standard InChI is InChI=1S/C5H9NS/c1-2-4-6-7-5-3-1/h1,3,6H,2,4-5H2. The summed E-state index contributed by atoms with van der Waals surface area (Å²) in [5.41, 5.74) is 0. The van der Waals surface area contributed by atoms with Crippen molar-refractivity contribution in [3.05, 3.63) is 12.2 Å². The van der Waals surface area contributed by atoms with E-state index in [9.17, 15) is 0 Å². The average Bonchev–Trinajstić information content (AvgIpc) is 1.90. The molecule has 0 aliphatic carbocycles. The molecule has 0 aromatic carbocycles. The first-order chi connectivity index (χ1) is 3.50. The van der Waals surface area contributed by atoms with E-state index in [-0.39, 0.29) is 0 Å². The zero-order valence-corrected chi connectivity index (χ0v) is 5.00. The molecule has 1 nitrogen and oxygen atoms in total. The van der Waals surface area contributed by atoms with Crippen molar-refractivity contribution in [3.8, 4) is 0 Å². The van der Waals surface area contributed by atoms with E-state index in [0.717, 1.165) is 12.3 Å². The summed E-state index contributed by atoms with van der Waals surface area (Å²) in [4.78, 5) is 0. The normalized spacial score (nSPS) is 21.7. The van der Waals surface area contributed by atoms with Crippen LogP contribution in [0.15, 0.2) is 12.2 Å². The van der Waals surface area contributed by atoms with Gasteiger partial charge in [-0.2, -0.15) is 0 Å². The maximum atomic E-state index is 3.20. The molecule has 0 saturated carbocycles. The number of rotatable bonds is 0. The van der Waals surface area contributed by atoms with E-state index < -0.39 is 0 Å². The fourth-order valence-electron chi connectivity index (χ4n) is 0.507. The zero-order valence-electron chi connectivity index (χ0n) is 4.18. The van der Waals surface area contributed by atoms with Crippen LogP contribution in [0.3, 0.4) is 0 Å². The predicted octanol–water partition coefficient (Wildman–Crippen LogP) is 1.18. The molecule has 40 valence electrons. The fourth-order valence-corrected chi connectivity index (χ4v) is 1.12. The molecule has 1 rings (SSSR count). The SMILES string of the molecule is C1=CCSNCC1. The molecule has 2 heteroatoms. The second-order valence-electron chi connectivity index (χ2n) is 1.47. The lowest BCUT2D eigenvalue weighted by Gasteiger charge is -1.91. The Morgan fingerprint density at radius 3 is 3.43 bits per heavy atom. The molecule has 1 heterocycles. The lowest BCUT2D eigenvalue weighted by molar-refractivity contribution is 0.945. The van der Waals surface area contributed by atoms with E-state index in [1.54, 1.807) is 11.9 Å². The summed E-state index contributed by atoms with van der Waals surface area (Å²) < 4.78 is 3.20. The van der Waals surface area contributed by atoms with Crippen LogP contribution in [0.5, 0.6) is 0 Å². The summed E-state index contributed by atoms with van der Waals surface area (Å²) >= 11 is 1.78. The summed E-state index contributed by atoms with van der Waals surface area (Å²) in [6.07, 6.45) is 5.60. The third-order valence-corrected chi connectivity index (χ3v) is 1.63. The monoisotopic (exact) mass is 115 g/mol. The van der Waals surface area contributed by atoms with Gasteiger partial charge in [0.2, 0.25) is 0 Å². The Bertz CT molecular complexity index is 62.5. The van der Waals surface area contributed by atoms with Crippen molar-refractivity contribution in [1.82, 2.24) is 4.72 Å². The lowest BCUT2D eigenvalue weighted by atomic mass is 10.4. The van der Waals surface area contributed by atoms with Crippen molar-refractivity contribution in [2.45, 2.75) is 6.42 Å². The third-order valence-electron chi connectivity index (χ3n) is 0.861. The Morgan fingerprint density at radius 1 is 1.43 bits per heavy atom. The molecule has 1 aliphatic rings. The maximum absolute atomic E-state index is 3.20. The van der Waals surface area contributed by atoms with E-state index in [2.05, 4.69) is 16.9 Å². The second kappa shape index (κ2) is 3.10. The summed E-state index contributed by atoms with van der Waals surface area (Å²) in [6, 6.07) is 0. The molecule has 0 aromatic heterocycles. The van der Waals surface area contributed by atoms with Gasteiger partial charge < -0.3 is 0 Å². The number of hydrogen-bond donors (Lipinski definition) is 1. The van der Waals surface area contributed by atoms with E-state index in [4.69, 9.17) is 0 Å². The van der Waals surface area contributed by atoms with E-state index >= 15 is 0 Å². The van der Waals surface area contributed by atoms with Crippen LogP contribution in [-0.2, 0) is 0 Å². The van der Waals surface area contributed by atoms with Crippen LogP contribution in [0.1, 0.15) is 6.42 Å². The smallest absolute Gasteiger partial charge is 0.0259 e. The van der Waals surface area contributed by atoms with Crippen molar-refractivity contribution in [3.63, 3.8) is 0 Å². The van der Waals surface area contributed by atoms with Crippen molar-refractivity contribution in [2.24, 2.45) is 0 Å². The summed E-state index contributed by atoms with van der Waals surface area (Å²) in [5, 5.41) is 0. The molecule has 1 aliphatic heterocycles. The van der Waals surface area contributed by atoms with Crippen molar-refractivity contribution < 1.29 is 0 Å². The van der Waals surface area contributed by atoms with Gasteiger partial charge in [0, 0.05) is 12.3 Å². The third kappa shape index (κ3) is 2.00. The highest BCUT2D eigenvalue weighted by Crippen LogP contribution is 1.98. The number of hydrogen-bond acceptors (Lipinski definition) is 2. The van der Waals surface area contributed by atoms with Gasteiger partial charge in [0.15, 0.2) is 0 Å². The summed E-state index contributed by atoms with van der Waals surface area (Å²) in [7, 11) is 0. The molecule has 0 saturated heterocycles. The van der Waals surface area contributed by atoms with Crippen LogP contribution < -0.4 is 4.72 Å². The lowest BCUT2D eigenvalue weighted by Crippen LogP contribution is -2.01. The van der Waals surface area contributed by atoms with Crippen LogP contribution in [0.2, 0.25) is 0 Å². The molecule has 1 N–H and O–H groups in total.